The molecule has 0 radical (unpaired) electrons. The number of aryl methyl sites for hydroxylation is 1. The lowest BCUT2D eigenvalue weighted by Crippen LogP contribution is -2.30. The molecule has 21 heavy (non-hydrogen) atoms. The van der Waals surface area contributed by atoms with E-state index in [0.29, 0.717) is 29.8 Å². The first kappa shape index (κ1) is 16.9. The van der Waals surface area contributed by atoms with Crippen molar-refractivity contribution in [3.05, 3.63) is 15.8 Å². The zero-order valence-corrected chi connectivity index (χ0v) is 15.0. The first-order valence-corrected chi connectivity index (χ1v) is 9.93. The van der Waals surface area contributed by atoms with Gasteiger partial charge in [-0.25, -0.2) is 12.7 Å². The second kappa shape index (κ2) is 6.77. The molecule has 0 aromatic carbocycles. The standard InChI is InChI=1S/C15H26N2O2S2/c1-5-6-16-8-14-15(12(3)10-20-14)21(18,19)17(4)9-13-7-11(13)2/h10-11,13,16H,5-9H2,1-4H3. The number of thiophene rings is 1. The zero-order valence-electron chi connectivity index (χ0n) is 13.3. The average Bonchev–Trinajstić information content (AvgIpc) is 2.96. The topological polar surface area (TPSA) is 49.4 Å². The van der Waals surface area contributed by atoms with Crippen molar-refractivity contribution in [1.82, 2.24) is 9.62 Å². The first-order chi connectivity index (χ1) is 9.87. The van der Waals surface area contributed by atoms with E-state index in [1.54, 1.807) is 11.4 Å². The van der Waals surface area contributed by atoms with Gasteiger partial charge in [-0.1, -0.05) is 13.8 Å². The lowest BCUT2D eigenvalue weighted by atomic mass is 10.3. The molecule has 6 heteroatoms. The molecule has 1 aromatic rings. The van der Waals surface area contributed by atoms with Crippen molar-refractivity contribution >= 4 is 21.4 Å². The van der Waals surface area contributed by atoms with E-state index in [1.807, 2.05) is 12.3 Å². The van der Waals surface area contributed by atoms with E-state index in [2.05, 4.69) is 19.2 Å². The molecule has 120 valence electrons. The predicted molar refractivity (Wildman–Crippen MR) is 88.1 cm³/mol. The molecule has 0 bridgehead atoms. The van der Waals surface area contributed by atoms with Crippen LogP contribution >= 0.6 is 11.3 Å². The Kier molecular flexibility index (Phi) is 5.46. The number of nitrogens with one attached hydrogen (secondary N) is 1. The minimum atomic E-state index is -3.37. The summed E-state index contributed by atoms with van der Waals surface area (Å²) in [4.78, 5) is 1.45. The fraction of sp³-hybridized carbons (Fsp3) is 0.733. The van der Waals surface area contributed by atoms with Gasteiger partial charge in [-0.3, -0.25) is 0 Å². The Labute approximate surface area is 132 Å². The molecule has 1 saturated carbocycles. The molecule has 1 aromatic heterocycles. The molecule has 0 spiro atoms. The summed E-state index contributed by atoms with van der Waals surface area (Å²) < 4.78 is 27.2. The largest absolute Gasteiger partial charge is 0.312 e. The smallest absolute Gasteiger partial charge is 0.244 e. The minimum Gasteiger partial charge on any atom is -0.312 e. The van der Waals surface area contributed by atoms with Gasteiger partial charge in [-0.15, -0.1) is 11.3 Å². The summed E-state index contributed by atoms with van der Waals surface area (Å²) in [7, 11) is -1.66. The number of rotatable bonds is 8. The number of sulfonamides is 1. The van der Waals surface area contributed by atoms with Crippen LogP contribution < -0.4 is 5.32 Å². The second-order valence-corrected chi connectivity index (χ2v) is 9.05. The summed E-state index contributed by atoms with van der Waals surface area (Å²) in [6, 6.07) is 0. The van der Waals surface area contributed by atoms with E-state index in [1.165, 1.54) is 11.3 Å². The highest BCUT2D eigenvalue weighted by atomic mass is 32.2. The molecule has 4 nitrogen and oxygen atoms in total. The molecule has 1 fully saturated rings. The molecule has 0 aliphatic heterocycles. The Balaban J connectivity index is 2.16. The minimum absolute atomic E-state index is 0.520. The quantitative estimate of drug-likeness (QED) is 0.746. The Morgan fingerprint density at radius 3 is 2.71 bits per heavy atom. The third-order valence-electron chi connectivity index (χ3n) is 4.14. The zero-order chi connectivity index (χ0) is 15.6. The summed E-state index contributed by atoms with van der Waals surface area (Å²) in [5.41, 5.74) is 0.865. The van der Waals surface area contributed by atoms with Gasteiger partial charge in [0.1, 0.15) is 4.90 Å². The van der Waals surface area contributed by atoms with E-state index >= 15 is 0 Å². The Hall–Kier alpha value is -0.430. The van der Waals surface area contributed by atoms with Crippen LogP contribution in [-0.2, 0) is 16.6 Å². The molecule has 2 unspecified atom stereocenters. The molecule has 1 heterocycles. The van der Waals surface area contributed by atoms with Crippen LogP contribution in [0.3, 0.4) is 0 Å². The summed E-state index contributed by atoms with van der Waals surface area (Å²) in [6.45, 7) is 8.36. The van der Waals surface area contributed by atoms with Crippen molar-refractivity contribution in [2.75, 3.05) is 20.1 Å². The van der Waals surface area contributed by atoms with Gasteiger partial charge in [0.25, 0.3) is 0 Å². The van der Waals surface area contributed by atoms with Gasteiger partial charge < -0.3 is 5.32 Å². The third-order valence-corrected chi connectivity index (χ3v) is 7.43. The Morgan fingerprint density at radius 1 is 1.48 bits per heavy atom. The van der Waals surface area contributed by atoms with Crippen LogP contribution in [0, 0.1) is 18.8 Å². The van der Waals surface area contributed by atoms with Gasteiger partial charge in [0.2, 0.25) is 10.0 Å². The summed E-state index contributed by atoms with van der Waals surface area (Å²) in [5.74, 6) is 1.20. The maximum absolute atomic E-state index is 12.8. The van der Waals surface area contributed by atoms with Crippen LogP contribution in [0.1, 0.15) is 37.1 Å². The van der Waals surface area contributed by atoms with Gasteiger partial charge in [0, 0.05) is 25.0 Å². The highest BCUT2D eigenvalue weighted by Gasteiger charge is 2.37. The average molecular weight is 331 g/mol. The van der Waals surface area contributed by atoms with Gasteiger partial charge >= 0.3 is 0 Å². The highest BCUT2D eigenvalue weighted by Crippen LogP contribution is 2.39. The van der Waals surface area contributed by atoms with Crippen molar-refractivity contribution in [2.45, 2.75) is 45.1 Å². The molecule has 1 aliphatic carbocycles. The van der Waals surface area contributed by atoms with Crippen LogP contribution in [0.4, 0.5) is 0 Å². The Morgan fingerprint density at radius 2 is 2.14 bits per heavy atom. The molecule has 1 aliphatic rings. The summed E-state index contributed by atoms with van der Waals surface area (Å²) in [5, 5.41) is 5.25. The normalized spacial score (nSPS) is 22.0. The van der Waals surface area contributed by atoms with Crippen LogP contribution in [0.5, 0.6) is 0 Å². The third kappa shape index (κ3) is 3.86. The van der Waals surface area contributed by atoms with Crippen LogP contribution in [-0.4, -0.2) is 32.9 Å². The van der Waals surface area contributed by atoms with Gasteiger partial charge in [-0.2, -0.15) is 0 Å². The number of hydrogen-bond acceptors (Lipinski definition) is 4. The van der Waals surface area contributed by atoms with E-state index in [-0.39, 0.29) is 0 Å². The molecule has 2 rings (SSSR count). The van der Waals surface area contributed by atoms with Crippen LogP contribution in [0.2, 0.25) is 0 Å². The molecule has 0 saturated heterocycles. The van der Waals surface area contributed by atoms with Gasteiger partial charge in [0.15, 0.2) is 0 Å². The number of nitrogens with zero attached hydrogens (tertiary/aromatic N) is 1. The fourth-order valence-electron chi connectivity index (χ4n) is 2.57. The maximum atomic E-state index is 12.8. The van der Waals surface area contributed by atoms with Gasteiger partial charge in [0.05, 0.1) is 0 Å². The Bertz CT molecular complexity index is 580. The predicted octanol–water partition coefficient (Wildman–Crippen LogP) is 2.83. The van der Waals surface area contributed by atoms with E-state index < -0.39 is 10.0 Å². The highest BCUT2D eigenvalue weighted by molar-refractivity contribution is 7.89. The second-order valence-electron chi connectivity index (χ2n) is 6.11. The van der Waals surface area contributed by atoms with Crippen LogP contribution in [0.15, 0.2) is 10.3 Å². The maximum Gasteiger partial charge on any atom is 0.244 e. The van der Waals surface area contributed by atoms with E-state index in [0.717, 1.165) is 29.8 Å². The van der Waals surface area contributed by atoms with Crippen molar-refractivity contribution in [3.8, 4) is 0 Å². The van der Waals surface area contributed by atoms with E-state index in [4.69, 9.17) is 0 Å². The van der Waals surface area contributed by atoms with Crippen molar-refractivity contribution in [1.29, 1.82) is 0 Å². The van der Waals surface area contributed by atoms with Crippen LogP contribution in [0.25, 0.3) is 0 Å². The monoisotopic (exact) mass is 330 g/mol. The molecular formula is C15H26N2O2S2. The fourth-order valence-corrected chi connectivity index (χ4v) is 5.52. The van der Waals surface area contributed by atoms with Crippen molar-refractivity contribution in [3.63, 3.8) is 0 Å². The number of hydrogen-bond donors (Lipinski definition) is 1. The van der Waals surface area contributed by atoms with Crippen molar-refractivity contribution in [2.24, 2.45) is 11.8 Å². The summed E-state index contributed by atoms with van der Waals surface area (Å²) >= 11 is 1.54. The SMILES string of the molecule is CCCNCc1scc(C)c1S(=O)(=O)N(C)CC1CC1C. The molecule has 2 atom stereocenters. The molecule has 0 amide bonds. The van der Waals surface area contributed by atoms with E-state index in [9.17, 15) is 8.42 Å². The first-order valence-electron chi connectivity index (χ1n) is 7.62. The molecular weight excluding hydrogens is 304 g/mol. The summed E-state index contributed by atoms with van der Waals surface area (Å²) in [6.07, 6.45) is 2.19. The van der Waals surface area contributed by atoms with Gasteiger partial charge in [-0.05, 0) is 49.1 Å². The lowest BCUT2D eigenvalue weighted by Gasteiger charge is -2.18. The molecule has 1 N–H and O–H groups in total. The van der Waals surface area contributed by atoms with Crippen molar-refractivity contribution < 1.29 is 8.42 Å². The lowest BCUT2D eigenvalue weighted by molar-refractivity contribution is 0.444.